The van der Waals surface area contributed by atoms with Crippen molar-refractivity contribution in [3.05, 3.63) is 29.9 Å². The molecule has 0 radical (unpaired) electrons. The average molecular weight is 192 g/mol. The molecule has 1 aliphatic rings. The fourth-order valence-corrected chi connectivity index (χ4v) is 1.10. The lowest BCUT2D eigenvalue weighted by atomic mass is 10.2. The van der Waals surface area contributed by atoms with E-state index in [2.05, 4.69) is 14.7 Å². The third-order valence-corrected chi connectivity index (χ3v) is 1.63. The summed E-state index contributed by atoms with van der Waals surface area (Å²) in [5, 5.41) is 8.48. The van der Waals surface area contributed by atoms with Gasteiger partial charge in [0.05, 0.1) is 11.6 Å². The highest BCUT2D eigenvalue weighted by molar-refractivity contribution is 6.04. The molecule has 1 aliphatic heterocycles. The Morgan fingerprint density at radius 3 is 3.07 bits per heavy atom. The number of fused-ring (bicyclic) bond motifs is 1. The molecule has 0 bridgehead atoms. The maximum absolute atomic E-state index is 11.1. The smallest absolute Gasteiger partial charge is 0.363 e. The first kappa shape index (κ1) is 8.36. The summed E-state index contributed by atoms with van der Waals surface area (Å²) in [6.07, 6.45) is 3.33. The molecule has 70 valence electrons. The first-order chi connectivity index (χ1) is 6.68. The zero-order valence-electron chi connectivity index (χ0n) is 6.80. The van der Waals surface area contributed by atoms with Gasteiger partial charge in [-0.3, -0.25) is 0 Å². The fraction of sp³-hybridized carbons (Fsp3) is 0. The van der Waals surface area contributed by atoms with Gasteiger partial charge < -0.3 is 9.84 Å². The Labute approximate surface area is 77.9 Å². The molecule has 6 nitrogen and oxygen atoms in total. The van der Waals surface area contributed by atoms with E-state index in [9.17, 15) is 9.59 Å². The fourth-order valence-electron chi connectivity index (χ4n) is 1.10. The highest BCUT2D eigenvalue weighted by atomic mass is 16.5. The van der Waals surface area contributed by atoms with Crippen LogP contribution in [0, 0.1) is 0 Å². The Morgan fingerprint density at radius 1 is 1.57 bits per heavy atom. The number of rotatable bonds is 1. The monoisotopic (exact) mass is 192 g/mol. The van der Waals surface area contributed by atoms with E-state index in [0.717, 1.165) is 6.08 Å². The summed E-state index contributed by atoms with van der Waals surface area (Å²) in [7, 11) is 0. The SMILES string of the molecule is O=C(O)C=C1OC(=O)c2ncncc21. The molecule has 0 aliphatic carbocycles. The Balaban J connectivity index is 2.54. The van der Waals surface area contributed by atoms with Crippen LogP contribution in [0.3, 0.4) is 0 Å². The lowest BCUT2D eigenvalue weighted by Gasteiger charge is -1.93. The standard InChI is InChI=1S/C8H4N2O4/c11-6(12)1-5-4-2-9-3-10-7(4)8(13)14-5/h1-3H,(H,11,12). The summed E-state index contributed by atoms with van der Waals surface area (Å²) in [4.78, 5) is 28.8. The van der Waals surface area contributed by atoms with Crippen LogP contribution >= 0.6 is 0 Å². The number of aliphatic carboxylic acids is 1. The largest absolute Gasteiger partial charge is 0.478 e. The Bertz CT molecular complexity index is 452. The van der Waals surface area contributed by atoms with Crippen molar-refractivity contribution < 1.29 is 19.4 Å². The van der Waals surface area contributed by atoms with E-state index >= 15 is 0 Å². The number of carbonyl (C=O) groups excluding carboxylic acids is 1. The molecule has 1 aromatic rings. The molecule has 14 heavy (non-hydrogen) atoms. The second kappa shape index (κ2) is 2.91. The zero-order valence-corrected chi connectivity index (χ0v) is 6.80. The van der Waals surface area contributed by atoms with Crippen molar-refractivity contribution in [2.75, 3.05) is 0 Å². The number of hydrogen-bond donors (Lipinski definition) is 1. The van der Waals surface area contributed by atoms with Gasteiger partial charge in [0.15, 0.2) is 5.69 Å². The van der Waals surface area contributed by atoms with Crippen molar-refractivity contribution in [3.8, 4) is 0 Å². The minimum atomic E-state index is -1.19. The molecule has 0 amide bonds. The van der Waals surface area contributed by atoms with Crippen LogP contribution in [0.15, 0.2) is 18.6 Å². The minimum Gasteiger partial charge on any atom is -0.478 e. The Kier molecular flexibility index (Phi) is 1.74. The lowest BCUT2D eigenvalue weighted by molar-refractivity contribution is -0.131. The molecule has 1 aromatic heterocycles. The van der Waals surface area contributed by atoms with E-state index in [4.69, 9.17) is 5.11 Å². The summed E-state index contributed by atoms with van der Waals surface area (Å²) < 4.78 is 4.68. The van der Waals surface area contributed by atoms with Gasteiger partial charge in [0, 0.05) is 6.20 Å². The van der Waals surface area contributed by atoms with Gasteiger partial charge in [0.2, 0.25) is 0 Å². The molecule has 2 rings (SSSR count). The van der Waals surface area contributed by atoms with E-state index in [0.29, 0.717) is 5.56 Å². The highest BCUT2D eigenvalue weighted by Gasteiger charge is 2.28. The molecule has 0 unspecified atom stereocenters. The topological polar surface area (TPSA) is 89.4 Å². The number of aromatic nitrogens is 2. The van der Waals surface area contributed by atoms with Gasteiger partial charge in [0.25, 0.3) is 0 Å². The molecule has 0 atom stereocenters. The molecule has 0 fully saturated rings. The molecular formula is C8H4N2O4. The molecule has 0 saturated heterocycles. The molecule has 1 N–H and O–H groups in total. The highest BCUT2D eigenvalue weighted by Crippen LogP contribution is 2.26. The van der Waals surface area contributed by atoms with Gasteiger partial charge in [-0.1, -0.05) is 0 Å². The quantitative estimate of drug-likeness (QED) is 0.500. The minimum absolute atomic E-state index is 0.0295. The van der Waals surface area contributed by atoms with Crippen molar-refractivity contribution in [1.29, 1.82) is 0 Å². The molecule has 6 heteroatoms. The van der Waals surface area contributed by atoms with Crippen molar-refractivity contribution in [1.82, 2.24) is 9.97 Å². The van der Waals surface area contributed by atoms with Crippen LogP contribution < -0.4 is 0 Å². The van der Waals surface area contributed by atoms with Crippen molar-refractivity contribution in [2.24, 2.45) is 0 Å². The van der Waals surface area contributed by atoms with Gasteiger partial charge in [-0.05, 0) is 0 Å². The summed E-state index contributed by atoms with van der Waals surface area (Å²) in [6, 6.07) is 0. The molecule has 0 saturated carbocycles. The maximum atomic E-state index is 11.1. The number of carboxylic acids is 1. The van der Waals surface area contributed by atoms with E-state index in [-0.39, 0.29) is 11.5 Å². The van der Waals surface area contributed by atoms with Gasteiger partial charge in [0.1, 0.15) is 12.1 Å². The number of nitrogens with zero attached hydrogens (tertiary/aromatic N) is 2. The second-order valence-corrected chi connectivity index (χ2v) is 2.52. The third-order valence-electron chi connectivity index (χ3n) is 1.63. The van der Waals surface area contributed by atoms with E-state index < -0.39 is 11.9 Å². The third kappa shape index (κ3) is 1.22. The second-order valence-electron chi connectivity index (χ2n) is 2.52. The Hall–Kier alpha value is -2.24. The average Bonchev–Trinajstić information content (AvgIpc) is 2.44. The lowest BCUT2D eigenvalue weighted by Crippen LogP contribution is -1.96. The van der Waals surface area contributed by atoms with E-state index in [1.54, 1.807) is 0 Å². The van der Waals surface area contributed by atoms with Crippen molar-refractivity contribution in [2.45, 2.75) is 0 Å². The van der Waals surface area contributed by atoms with Crippen LogP contribution in [0.2, 0.25) is 0 Å². The van der Waals surface area contributed by atoms with Gasteiger partial charge in [-0.15, -0.1) is 0 Å². The van der Waals surface area contributed by atoms with Crippen molar-refractivity contribution >= 4 is 17.7 Å². The number of hydrogen-bond acceptors (Lipinski definition) is 5. The Morgan fingerprint density at radius 2 is 2.36 bits per heavy atom. The first-order valence-corrected chi connectivity index (χ1v) is 3.65. The number of esters is 1. The van der Waals surface area contributed by atoms with Gasteiger partial charge >= 0.3 is 11.9 Å². The zero-order chi connectivity index (χ0) is 10.1. The number of cyclic esters (lactones) is 1. The van der Waals surface area contributed by atoms with Crippen LogP contribution in [0.1, 0.15) is 16.1 Å². The molecule has 0 spiro atoms. The van der Waals surface area contributed by atoms with Crippen LogP contribution in [0.5, 0.6) is 0 Å². The predicted molar refractivity (Wildman–Crippen MR) is 43.1 cm³/mol. The maximum Gasteiger partial charge on any atom is 0.363 e. The van der Waals surface area contributed by atoms with Gasteiger partial charge in [-0.25, -0.2) is 19.6 Å². The first-order valence-electron chi connectivity index (χ1n) is 3.65. The van der Waals surface area contributed by atoms with Crippen LogP contribution in [0.25, 0.3) is 5.76 Å². The summed E-state index contributed by atoms with van der Waals surface area (Å²) in [5.41, 5.74) is 0.396. The number of carbonyl (C=O) groups is 2. The van der Waals surface area contributed by atoms with Crippen molar-refractivity contribution in [3.63, 3.8) is 0 Å². The molecule has 0 aromatic carbocycles. The van der Waals surface area contributed by atoms with E-state index in [1.807, 2.05) is 0 Å². The van der Waals surface area contributed by atoms with Gasteiger partial charge in [-0.2, -0.15) is 0 Å². The number of ether oxygens (including phenoxy) is 1. The van der Waals surface area contributed by atoms with Crippen LogP contribution in [-0.4, -0.2) is 27.0 Å². The van der Waals surface area contributed by atoms with Crippen LogP contribution in [-0.2, 0) is 9.53 Å². The summed E-state index contributed by atoms with van der Waals surface area (Å²) in [6.45, 7) is 0. The summed E-state index contributed by atoms with van der Waals surface area (Å²) >= 11 is 0. The predicted octanol–water partition coefficient (Wildman–Crippen LogP) is 0.0725. The normalized spacial score (nSPS) is 16.6. The van der Waals surface area contributed by atoms with E-state index in [1.165, 1.54) is 12.5 Å². The summed E-state index contributed by atoms with van der Waals surface area (Å²) in [5.74, 6) is -1.88. The molecular weight excluding hydrogens is 188 g/mol. The number of carboxylic acid groups (broad SMARTS) is 1. The van der Waals surface area contributed by atoms with Crippen LogP contribution in [0.4, 0.5) is 0 Å². The molecule has 2 heterocycles.